The minimum absolute atomic E-state index is 0.103. The topological polar surface area (TPSA) is 79.3 Å². The summed E-state index contributed by atoms with van der Waals surface area (Å²) in [5.74, 6) is -0.351. The van der Waals surface area contributed by atoms with Gasteiger partial charge in [0.05, 0.1) is 11.6 Å². The third-order valence-corrected chi connectivity index (χ3v) is 6.24. The molecule has 7 heteroatoms. The summed E-state index contributed by atoms with van der Waals surface area (Å²) in [7, 11) is 0. The van der Waals surface area contributed by atoms with Crippen molar-refractivity contribution in [2.75, 3.05) is 39.4 Å². The number of likely N-dealkylation sites (tertiary alicyclic amines) is 1. The molecular formula is C26H30N2O5. The molecule has 4 rings (SSSR count). The van der Waals surface area contributed by atoms with Crippen LogP contribution in [-0.4, -0.2) is 66.0 Å². The lowest BCUT2D eigenvalue weighted by molar-refractivity contribution is -0.140. The van der Waals surface area contributed by atoms with E-state index >= 15 is 0 Å². The molecule has 0 unspecified atom stereocenters. The normalized spacial score (nSPS) is 19.4. The highest BCUT2D eigenvalue weighted by Crippen LogP contribution is 2.41. The van der Waals surface area contributed by atoms with Crippen molar-refractivity contribution in [3.63, 3.8) is 0 Å². The maximum atomic E-state index is 13.1. The zero-order chi connectivity index (χ0) is 23.4. The summed E-state index contributed by atoms with van der Waals surface area (Å²) in [6, 6.07) is 13.8. The van der Waals surface area contributed by atoms with Crippen LogP contribution in [0.1, 0.15) is 37.4 Å². The molecule has 0 bridgehead atoms. The maximum Gasteiger partial charge on any atom is 0.295 e. The number of nitrogens with zero attached hydrogens (tertiary/aromatic N) is 2. The number of carbonyl (C=O) groups excluding carboxylic acids is 2. The number of aliphatic hydroxyl groups excluding tert-OH is 1. The molecule has 0 saturated carbocycles. The van der Waals surface area contributed by atoms with E-state index in [1.165, 1.54) is 0 Å². The molecule has 2 aliphatic heterocycles. The third-order valence-electron chi connectivity index (χ3n) is 6.24. The Hall–Kier alpha value is -3.32. The van der Waals surface area contributed by atoms with Gasteiger partial charge in [0.1, 0.15) is 19.0 Å². The molecule has 2 heterocycles. The first kappa shape index (κ1) is 22.9. The fourth-order valence-electron chi connectivity index (χ4n) is 4.44. The van der Waals surface area contributed by atoms with Crippen LogP contribution in [0.2, 0.25) is 0 Å². The molecule has 0 aromatic heterocycles. The predicted molar refractivity (Wildman–Crippen MR) is 125 cm³/mol. The molecule has 33 heavy (non-hydrogen) atoms. The first-order valence-electron chi connectivity index (χ1n) is 11.5. The number of ether oxygens (including phenoxy) is 2. The van der Waals surface area contributed by atoms with E-state index in [1.807, 2.05) is 30.3 Å². The van der Waals surface area contributed by atoms with Gasteiger partial charge in [-0.15, -0.1) is 0 Å². The smallest absolute Gasteiger partial charge is 0.295 e. The minimum atomic E-state index is -0.668. The summed E-state index contributed by atoms with van der Waals surface area (Å²) in [4.78, 5) is 30.1. The molecular weight excluding hydrogens is 420 g/mol. The summed E-state index contributed by atoms with van der Waals surface area (Å²) >= 11 is 0. The van der Waals surface area contributed by atoms with E-state index < -0.39 is 17.7 Å². The van der Waals surface area contributed by atoms with Gasteiger partial charge in [-0.25, -0.2) is 0 Å². The molecule has 1 saturated heterocycles. The fraction of sp³-hybridized carbons (Fsp3) is 0.385. The van der Waals surface area contributed by atoms with Gasteiger partial charge in [0, 0.05) is 12.1 Å². The lowest BCUT2D eigenvalue weighted by atomic mass is 9.95. The van der Waals surface area contributed by atoms with E-state index in [-0.39, 0.29) is 11.3 Å². The van der Waals surface area contributed by atoms with Crippen LogP contribution in [0.5, 0.6) is 11.5 Å². The third kappa shape index (κ3) is 4.59. The van der Waals surface area contributed by atoms with Crippen LogP contribution in [-0.2, 0) is 9.59 Å². The Morgan fingerprint density at radius 1 is 1.03 bits per heavy atom. The van der Waals surface area contributed by atoms with E-state index in [0.717, 1.165) is 31.6 Å². The van der Waals surface area contributed by atoms with E-state index in [1.54, 1.807) is 23.1 Å². The Balaban J connectivity index is 1.71. The SMILES string of the molecule is CCN(CC)CCCN1C(=O)C(=O)/C(=C(/O)c2ccc3c(c2)OCCO3)[C@@H]1c1ccccc1. The van der Waals surface area contributed by atoms with E-state index in [9.17, 15) is 14.7 Å². The molecule has 1 fully saturated rings. The minimum Gasteiger partial charge on any atom is -0.507 e. The average Bonchev–Trinajstić information content (AvgIpc) is 3.11. The largest absolute Gasteiger partial charge is 0.507 e. The van der Waals surface area contributed by atoms with Gasteiger partial charge in [-0.05, 0) is 49.8 Å². The molecule has 0 aliphatic carbocycles. The van der Waals surface area contributed by atoms with E-state index in [4.69, 9.17) is 9.47 Å². The highest BCUT2D eigenvalue weighted by Gasteiger charge is 2.45. The van der Waals surface area contributed by atoms with Gasteiger partial charge in [0.15, 0.2) is 11.5 Å². The number of rotatable bonds is 8. The van der Waals surface area contributed by atoms with Crippen molar-refractivity contribution < 1.29 is 24.2 Å². The second kappa shape index (κ2) is 10.1. The van der Waals surface area contributed by atoms with Gasteiger partial charge in [-0.1, -0.05) is 44.2 Å². The molecule has 2 aromatic carbocycles. The molecule has 0 radical (unpaired) electrons. The summed E-state index contributed by atoms with van der Waals surface area (Å²) < 4.78 is 11.2. The first-order chi connectivity index (χ1) is 16.0. The summed E-state index contributed by atoms with van der Waals surface area (Å²) in [5, 5.41) is 11.2. The number of ketones is 1. The number of hydrogen-bond acceptors (Lipinski definition) is 6. The van der Waals surface area contributed by atoms with Crippen LogP contribution in [0.3, 0.4) is 0 Å². The van der Waals surface area contributed by atoms with E-state index in [0.29, 0.717) is 36.8 Å². The predicted octanol–water partition coefficient (Wildman–Crippen LogP) is 3.61. The molecule has 1 atom stereocenters. The van der Waals surface area contributed by atoms with Crippen LogP contribution in [0, 0.1) is 0 Å². The fourth-order valence-corrected chi connectivity index (χ4v) is 4.44. The molecule has 7 nitrogen and oxygen atoms in total. The van der Waals surface area contributed by atoms with Crippen molar-refractivity contribution in [2.24, 2.45) is 0 Å². The van der Waals surface area contributed by atoms with Crippen molar-refractivity contribution >= 4 is 17.4 Å². The van der Waals surface area contributed by atoms with Gasteiger partial charge in [-0.2, -0.15) is 0 Å². The standard InChI is InChI=1S/C26H30N2O5/c1-3-27(4-2)13-8-14-28-23(18-9-6-5-7-10-18)22(25(30)26(28)31)24(29)19-11-12-20-21(17-19)33-16-15-32-20/h5-7,9-12,17,23,29H,3-4,8,13-16H2,1-2H3/b24-22+/t23-/m0/s1. The zero-order valence-electron chi connectivity index (χ0n) is 19.1. The Bertz CT molecular complexity index is 1050. The Kier molecular flexibility index (Phi) is 6.99. The van der Waals surface area contributed by atoms with Gasteiger partial charge in [0.2, 0.25) is 0 Å². The number of Topliss-reactive ketones (excluding diaryl/α,β-unsaturated/α-hetero) is 1. The van der Waals surface area contributed by atoms with Crippen molar-refractivity contribution in [2.45, 2.75) is 26.3 Å². The van der Waals surface area contributed by atoms with Crippen LogP contribution in [0.4, 0.5) is 0 Å². The van der Waals surface area contributed by atoms with Crippen LogP contribution in [0.15, 0.2) is 54.1 Å². The first-order valence-corrected chi connectivity index (χ1v) is 11.5. The van der Waals surface area contributed by atoms with Crippen molar-refractivity contribution in [1.82, 2.24) is 9.80 Å². The van der Waals surface area contributed by atoms with Crippen molar-refractivity contribution in [3.05, 3.63) is 65.2 Å². The molecule has 174 valence electrons. The molecule has 1 N–H and O–H groups in total. The summed E-state index contributed by atoms with van der Waals surface area (Å²) in [6.45, 7) is 8.21. The number of amides is 1. The van der Waals surface area contributed by atoms with Crippen LogP contribution >= 0.6 is 0 Å². The number of aliphatic hydroxyl groups is 1. The average molecular weight is 451 g/mol. The Morgan fingerprint density at radius 3 is 2.42 bits per heavy atom. The van der Waals surface area contributed by atoms with Gasteiger partial charge >= 0.3 is 0 Å². The Morgan fingerprint density at radius 2 is 1.73 bits per heavy atom. The molecule has 1 amide bonds. The van der Waals surface area contributed by atoms with Gasteiger partial charge in [-0.3, -0.25) is 9.59 Å². The molecule has 0 spiro atoms. The molecule has 2 aliphatic rings. The van der Waals surface area contributed by atoms with E-state index in [2.05, 4.69) is 18.7 Å². The van der Waals surface area contributed by atoms with Gasteiger partial charge < -0.3 is 24.4 Å². The second-order valence-corrected chi connectivity index (χ2v) is 8.14. The van der Waals surface area contributed by atoms with Crippen molar-refractivity contribution in [3.8, 4) is 11.5 Å². The maximum absolute atomic E-state index is 13.1. The number of carbonyl (C=O) groups is 2. The second-order valence-electron chi connectivity index (χ2n) is 8.14. The lowest BCUT2D eigenvalue weighted by Crippen LogP contribution is -2.33. The zero-order valence-corrected chi connectivity index (χ0v) is 19.1. The molecule has 2 aromatic rings. The number of hydrogen-bond donors (Lipinski definition) is 1. The number of benzene rings is 2. The lowest BCUT2D eigenvalue weighted by Gasteiger charge is -2.27. The highest BCUT2D eigenvalue weighted by atomic mass is 16.6. The Labute approximate surface area is 194 Å². The number of fused-ring (bicyclic) bond motifs is 1. The highest BCUT2D eigenvalue weighted by molar-refractivity contribution is 6.46. The summed E-state index contributed by atoms with van der Waals surface area (Å²) in [6.07, 6.45) is 0.738. The van der Waals surface area contributed by atoms with Crippen LogP contribution < -0.4 is 9.47 Å². The van der Waals surface area contributed by atoms with Crippen LogP contribution in [0.25, 0.3) is 5.76 Å². The quantitative estimate of drug-likeness (QED) is 0.376. The summed E-state index contributed by atoms with van der Waals surface area (Å²) in [5.41, 5.74) is 1.31. The monoisotopic (exact) mass is 450 g/mol. The van der Waals surface area contributed by atoms with Crippen molar-refractivity contribution in [1.29, 1.82) is 0 Å². The van der Waals surface area contributed by atoms with Gasteiger partial charge in [0.25, 0.3) is 11.7 Å².